The topological polar surface area (TPSA) is 131 Å². The van der Waals surface area contributed by atoms with Gasteiger partial charge in [-0.05, 0) is 67.1 Å². The molecule has 0 saturated carbocycles. The van der Waals surface area contributed by atoms with Crippen molar-refractivity contribution in [2.24, 2.45) is 0 Å². The first kappa shape index (κ1) is 30.7. The van der Waals surface area contributed by atoms with Gasteiger partial charge in [0.05, 0.1) is 24.2 Å². The molecule has 3 aromatic carbocycles. The number of aliphatic hydroxyl groups is 1. The molecule has 0 aromatic heterocycles. The van der Waals surface area contributed by atoms with Gasteiger partial charge in [-0.2, -0.15) is 0 Å². The Labute approximate surface area is 245 Å². The van der Waals surface area contributed by atoms with Gasteiger partial charge in [-0.25, -0.2) is 4.79 Å². The summed E-state index contributed by atoms with van der Waals surface area (Å²) in [7, 11) is 1.19. The predicted octanol–water partition coefficient (Wildman–Crippen LogP) is 4.54. The van der Waals surface area contributed by atoms with Gasteiger partial charge in [-0.1, -0.05) is 61.0 Å². The van der Waals surface area contributed by atoms with Crippen LogP contribution in [0.25, 0.3) is 11.1 Å². The standard InChI is InChI=1S/C32H37N3O7/c1-21-25(12-9-13-26(21)24-10-5-4-6-11-24)20-42-29-16-15-23(18-28(29)35(39)40)19-34-17-8-7-14-27(34)31(37)33-30(22(2)36)32(38)41-3/h4-6,9-13,15-16,18,22,27,30,36H,7-8,14,17,19-20H2,1-3H3,(H,33,37)/t22-,27+,30+/m1/s1. The molecular weight excluding hydrogens is 538 g/mol. The number of carbonyl (C=O) groups is 2. The summed E-state index contributed by atoms with van der Waals surface area (Å²) in [6.45, 7) is 4.50. The van der Waals surface area contributed by atoms with Crippen LogP contribution in [0.4, 0.5) is 5.69 Å². The van der Waals surface area contributed by atoms with E-state index >= 15 is 0 Å². The number of nitro benzene ring substituents is 1. The van der Waals surface area contributed by atoms with Gasteiger partial charge >= 0.3 is 11.7 Å². The average molecular weight is 576 g/mol. The maximum absolute atomic E-state index is 13.1. The monoisotopic (exact) mass is 575 g/mol. The zero-order chi connectivity index (χ0) is 30.2. The maximum Gasteiger partial charge on any atom is 0.331 e. The number of aliphatic hydroxyl groups excluding tert-OH is 1. The third-order valence-electron chi connectivity index (χ3n) is 7.67. The normalized spacial score (nSPS) is 16.7. The molecule has 10 nitrogen and oxygen atoms in total. The van der Waals surface area contributed by atoms with Crippen LogP contribution < -0.4 is 10.1 Å². The lowest BCUT2D eigenvalue weighted by Crippen LogP contribution is -2.55. The Morgan fingerprint density at radius 2 is 1.88 bits per heavy atom. The molecule has 0 unspecified atom stereocenters. The van der Waals surface area contributed by atoms with Gasteiger partial charge in [0.15, 0.2) is 11.8 Å². The fraction of sp³-hybridized carbons (Fsp3) is 0.375. The summed E-state index contributed by atoms with van der Waals surface area (Å²) in [6, 6.07) is 19.1. The van der Waals surface area contributed by atoms with Crippen molar-refractivity contribution in [1.82, 2.24) is 10.2 Å². The lowest BCUT2D eigenvalue weighted by Gasteiger charge is -2.35. The molecule has 1 aliphatic rings. The van der Waals surface area contributed by atoms with Crippen molar-refractivity contribution in [3.8, 4) is 16.9 Å². The van der Waals surface area contributed by atoms with Gasteiger partial charge in [0.25, 0.3) is 0 Å². The quantitative estimate of drug-likeness (QED) is 0.194. The highest BCUT2D eigenvalue weighted by Crippen LogP contribution is 2.32. The highest BCUT2D eigenvalue weighted by Gasteiger charge is 2.34. The second-order valence-electron chi connectivity index (χ2n) is 10.5. The van der Waals surface area contributed by atoms with E-state index in [4.69, 9.17) is 9.47 Å². The number of nitro groups is 1. The van der Waals surface area contributed by atoms with Crippen LogP contribution >= 0.6 is 0 Å². The Morgan fingerprint density at radius 3 is 2.57 bits per heavy atom. The summed E-state index contributed by atoms with van der Waals surface area (Å²) < 4.78 is 10.7. The molecule has 1 heterocycles. The first-order chi connectivity index (χ1) is 20.2. The number of nitrogens with zero attached hydrogens (tertiary/aromatic N) is 2. The van der Waals surface area contributed by atoms with Gasteiger partial charge in [-0.3, -0.25) is 19.8 Å². The van der Waals surface area contributed by atoms with Crippen LogP contribution in [-0.4, -0.2) is 58.6 Å². The third kappa shape index (κ3) is 7.32. The first-order valence-electron chi connectivity index (χ1n) is 14.0. The van der Waals surface area contributed by atoms with Crippen molar-refractivity contribution < 1.29 is 29.1 Å². The van der Waals surface area contributed by atoms with E-state index < -0.39 is 35.0 Å². The Balaban J connectivity index is 1.48. The SMILES string of the molecule is COC(=O)[C@@H](NC(=O)[C@@H]1CCCCN1Cc1ccc(OCc2cccc(-c3ccccc3)c2C)c([N+](=O)[O-])c1)[C@@H](C)O. The molecule has 42 heavy (non-hydrogen) atoms. The van der Waals surface area contributed by atoms with Gasteiger partial charge in [0.1, 0.15) is 6.61 Å². The number of amides is 1. The number of carbonyl (C=O) groups excluding carboxylic acids is 2. The molecule has 3 atom stereocenters. The molecule has 0 bridgehead atoms. The summed E-state index contributed by atoms with van der Waals surface area (Å²) >= 11 is 0. The van der Waals surface area contributed by atoms with Crippen molar-refractivity contribution in [3.05, 3.63) is 93.5 Å². The first-order valence-corrected chi connectivity index (χ1v) is 14.0. The van der Waals surface area contributed by atoms with Crippen LogP contribution in [0.3, 0.4) is 0 Å². The van der Waals surface area contributed by atoms with E-state index in [0.29, 0.717) is 25.1 Å². The molecule has 4 rings (SSSR count). The zero-order valence-electron chi connectivity index (χ0n) is 24.1. The van der Waals surface area contributed by atoms with E-state index in [2.05, 4.69) is 5.32 Å². The summed E-state index contributed by atoms with van der Waals surface area (Å²) in [5.41, 5.74) is 4.65. The maximum atomic E-state index is 13.1. The van der Waals surface area contributed by atoms with Gasteiger partial charge < -0.3 is 19.9 Å². The second kappa shape index (κ2) is 14.1. The lowest BCUT2D eigenvalue weighted by atomic mass is 9.97. The van der Waals surface area contributed by atoms with Crippen LogP contribution in [0.15, 0.2) is 66.7 Å². The fourth-order valence-corrected chi connectivity index (χ4v) is 5.32. The van der Waals surface area contributed by atoms with Crippen LogP contribution in [0.5, 0.6) is 5.75 Å². The second-order valence-corrected chi connectivity index (χ2v) is 10.5. The average Bonchev–Trinajstić information content (AvgIpc) is 2.99. The Hall–Kier alpha value is -4.28. The Kier molecular flexibility index (Phi) is 10.3. The van der Waals surface area contributed by atoms with Gasteiger partial charge in [0.2, 0.25) is 5.91 Å². The van der Waals surface area contributed by atoms with Gasteiger partial charge in [0, 0.05) is 12.6 Å². The molecule has 1 fully saturated rings. The number of esters is 1. The van der Waals surface area contributed by atoms with Crippen LogP contribution in [0, 0.1) is 17.0 Å². The van der Waals surface area contributed by atoms with E-state index in [1.807, 2.05) is 60.4 Å². The van der Waals surface area contributed by atoms with E-state index in [9.17, 15) is 24.8 Å². The fourth-order valence-electron chi connectivity index (χ4n) is 5.32. The third-order valence-corrected chi connectivity index (χ3v) is 7.67. The Bertz CT molecular complexity index is 1410. The highest BCUT2D eigenvalue weighted by molar-refractivity contribution is 5.88. The molecule has 0 spiro atoms. The number of methoxy groups -OCH3 is 1. The van der Waals surface area contributed by atoms with E-state index in [1.165, 1.54) is 20.1 Å². The molecule has 1 aliphatic heterocycles. The summed E-state index contributed by atoms with van der Waals surface area (Å²) in [6.07, 6.45) is 1.12. The number of ether oxygens (including phenoxy) is 2. The van der Waals surface area contributed by atoms with E-state index in [0.717, 1.165) is 35.1 Å². The molecular formula is C32H37N3O7. The van der Waals surface area contributed by atoms with Crippen molar-refractivity contribution >= 4 is 17.6 Å². The number of benzene rings is 3. The summed E-state index contributed by atoms with van der Waals surface area (Å²) in [5, 5.41) is 24.6. The van der Waals surface area contributed by atoms with Gasteiger partial charge in [-0.15, -0.1) is 0 Å². The smallest absolute Gasteiger partial charge is 0.331 e. The number of rotatable bonds is 11. The Morgan fingerprint density at radius 1 is 1.12 bits per heavy atom. The van der Waals surface area contributed by atoms with Crippen molar-refractivity contribution in [1.29, 1.82) is 0 Å². The minimum absolute atomic E-state index is 0.151. The highest BCUT2D eigenvalue weighted by atomic mass is 16.6. The molecule has 0 radical (unpaired) electrons. The number of nitrogens with one attached hydrogen (secondary N) is 1. The van der Waals surface area contributed by atoms with Crippen LogP contribution in [0.2, 0.25) is 0 Å². The predicted molar refractivity (Wildman–Crippen MR) is 158 cm³/mol. The zero-order valence-corrected chi connectivity index (χ0v) is 24.1. The van der Waals surface area contributed by atoms with Crippen molar-refractivity contribution in [2.75, 3.05) is 13.7 Å². The summed E-state index contributed by atoms with van der Waals surface area (Å²) in [4.78, 5) is 38.7. The minimum atomic E-state index is -1.18. The van der Waals surface area contributed by atoms with Crippen molar-refractivity contribution in [3.63, 3.8) is 0 Å². The van der Waals surface area contributed by atoms with Crippen LogP contribution in [-0.2, 0) is 27.5 Å². The number of hydrogen-bond donors (Lipinski definition) is 2. The molecule has 2 N–H and O–H groups in total. The molecule has 1 saturated heterocycles. The minimum Gasteiger partial charge on any atom is -0.482 e. The molecule has 1 amide bonds. The molecule has 0 aliphatic carbocycles. The molecule has 222 valence electrons. The lowest BCUT2D eigenvalue weighted by molar-refractivity contribution is -0.386. The van der Waals surface area contributed by atoms with Crippen molar-refractivity contribution in [2.45, 2.75) is 64.4 Å². The molecule has 10 heteroatoms. The summed E-state index contributed by atoms with van der Waals surface area (Å²) in [5.74, 6) is -0.957. The largest absolute Gasteiger partial charge is 0.482 e. The van der Waals surface area contributed by atoms with E-state index in [1.54, 1.807) is 12.1 Å². The number of likely N-dealkylation sites (tertiary alicyclic amines) is 1. The number of piperidine rings is 1. The number of hydrogen-bond acceptors (Lipinski definition) is 8. The molecule has 3 aromatic rings. The van der Waals surface area contributed by atoms with E-state index in [-0.39, 0.29) is 18.0 Å². The van der Waals surface area contributed by atoms with Crippen LogP contribution in [0.1, 0.15) is 42.9 Å².